The number of thiophene rings is 1. The van der Waals surface area contributed by atoms with Crippen molar-refractivity contribution in [2.45, 2.75) is 19.4 Å². The molecule has 0 radical (unpaired) electrons. The van der Waals surface area contributed by atoms with Gasteiger partial charge in [-0.15, -0.1) is 11.3 Å². The Labute approximate surface area is 123 Å². The quantitative estimate of drug-likeness (QED) is 0.790. The molecule has 1 unspecified atom stereocenters. The summed E-state index contributed by atoms with van der Waals surface area (Å²) in [5, 5.41) is 2.08. The van der Waals surface area contributed by atoms with Gasteiger partial charge in [0, 0.05) is 15.5 Å². The molecule has 0 aliphatic rings. The minimum Gasteiger partial charge on any atom is -0.369 e. The molecule has 0 aliphatic carbocycles. The molecular formula is C13H13BrN4S. The van der Waals surface area contributed by atoms with Crippen LogP contribution < -0.4 is 5.73 Å². The summed E-state index contributed by atoms with van der Waals surface area (Å²) in [7, 11) is 0. The Morgan fingerprint density at radius 1 is 1.53 bits per heavy atom. The summed E-state index contributed by atoms with van der Waals surface area (Å²) in [6.45, 7) is 2.15. The van der Waals surface area contributed by atoms with Gasteiger partial charge in [0.2, 0.25) is 5.95 Å². The number of halogens is 1. The third-order valence-electron chi connectivity index (χ3n) is 3.09. The van der Waals surface area contributed by atoms with Crippen LogP contribution >= 0.6 is 27.3 Å². The molecule has 0 aromatic carbocycles. The number of fused-ring (bicyclic) bond motifs is 1. The van der Waals surface area contributed by atoms with Crippen LogP contribution in [-0.2, 0) is 0 Å². The smallest absolute Gasteiger partial charge is 0.203 e. The van der Waals surface area contributed by atoms with Crippen LogP contribution in [0.15, 0.2) is 34.2 Å². The van der Waals surface area contributed by atoms with Gasteiger partial charge in [-0.2, -0.15) is 0 Å². The van der Waals surface area contributed by atoms with Crippen molar-refractivity contribution in [3.63, 3.8) is 0 Å². The van der Waals surface area contributed by atoms with E-state index in [1.807, 2.05) is 10.6 Å². The van der Waals surface area contributed by atoms with Crippen molar-refractivity contribution in [2.75, 3.05) is 5.73 Å². The van der Waals surface area contributed by atoms with E-state index < -0.39 is 0 Å². The van der Waals surface area contributed by atoms with Crippen LogP contribution in [0.3, 0.4) is 0 Å². The predicted molar refractivity (Wildman–Crippen MR) is 82.4 cm³/mol. The lowest BCUT2D eigenvalue weighted by atomic mass is 10.2. The number of nitrogen functional groups attached to an aromatic ring is 1. The zero-order valence-corrected chi connectivity index (χ0v) is 12.8. The van der Waals surface area contributed by atoms with Crippen LogP contribution in [0.25, 0.3) is 11.2 Å². The lowest BCUT2D eigenvalue weighted by Crippen LogP contribution is -2.12. The van der Waals surface area contributed by atoms with Crippen LogP contribution in [-0.4, -0.2) is 14.5 Å². The van der Waals surface area contributed by atoms with Gasteiger partial charge < -0.3 is 5.73 Å². The topological polar surface area (TPSA) is 56.7 Å². The molecule has 4 nitrogen and oxygen atoms in total. The Morgan fingerprint density at radius 3 is 3.05 bits per heavy atom. The average molecular weight is 337 g/mol. The lowest BCUT2D eigenvalue weighted by molar-refractivity contribution is 0.595. The second-order valence-electron chi connectivity index (χ2n) is 4.28. The molecule has 0 amide bonds. The van der Waals surface area contributed by atoms with E-state index in [1.54, 1.807) is 17.5 Å². The maximum atomic E-state index is 6.09. The molecule has 0 bridgehead atoms. The SMILES string of the molecule is CCC(c1cccs1)n1c(N)nc2cc(Br)cnc21. The van der Waals surface area contributed by atoms with Gasteiger partial charge in [0.25, 0.3) is 0 Å². The number of rotatable bonds is 3. The van der Waals surface area contributed by atoms with Crippen molar-refractivity contribution >= 4 is 44.4 Å². The number of pyridine rings is 1. The third kappa shape index (κ3) is 2.15. The zero-order chi connectivity index (χ0) is 13.4. The number of nitrogens with zero attached hydrogens (tertiary/aromatic N) is 3. The average Bonchev–Trinajstić information content (AvgIpc) is 2.99. The van der Waals surface area contributed by atoms with Crippen molar-refractivity contribution in [1.29, 1.82) is 0 Å². The van der Waals surface area contributed by atoms with E-state index in [1.165, 1.54) is 4.88 Å². The van der Waals surface area contributed by atoms with E-state index in [0.717, 1.165) is 22.1 Å². The summed E-state index contributed by atoms with van der Waals surface area (Å²) >= 11 is 5.14. The van der Waals surface area contributed by atoms with Gasteiger partial charge in [-0.05, 0) is 39.9 Å². The molecule has 3 aromatic rings. The second kappa shape index (κ2) is 4.94. The summed E-state index contributed by atoms with van der Waals surface area (Å²) in [5.41, 5.74) is 7.74. The van der Waals surface area contributed by atoms with Crippen molar-refractivity contribution in [2.24, 2.45) is 0 Å². The number of nitrogens with two attached hydrogens (primary N) is 1. The fourth-order valence-corrected chi connectivity index (χ4v) is 3.49. The number of imidazole rings is 1. The first-order valence-corrected chi connectivity index (χ1v) is 7.70. The molecule has 0 aliphatic heterocycles. The van der Waals surface area contributed by atoms with Gasteiger partial charge >= 0.3 is 0 Å². The van der Waals surface area contributed by atoms with E-state index in [2.05, 4.69) is 50.3 Å². The largest absolute Gasteiger partial charge is 0.369 e. The van der Waals surface area contributed by atoms with E-state index in [-0.39, 0.29) is 6.04 Å². The van der Waals surface area contributed by atoms with Gasteiger partial charge in [-0.25, -0.2) is 9.97 Å². The van der Waals surface area contributed by atoms with Crippen molar-refractivity contribution in [1.82, 2.24) is 14.5 Å². The molecule has 0 fully saturated rings. The standard InChI is InChI=1S/C13H13BrN4S/c1-2-10(11-4-3-5-19-11)18-12-9(17-13(18)15)6-8(14)7-16-12/h3-7,10H,2H2,1H3,(H2,15,17). The Bertz CT molecular complexity index is 705. The fraction of sp³-hybridized carbons (Fsp3) is 0.231. The monoisotopic (exact) mass is 336 g/mol. The normalized spacial score (nSPS) is 12.9. The molecule has 0 saturated carbocycles. The van der Waals surface area contributed by atoms with Crippen molar-refractivity contribution in [3.8, 4) is 0 Å². The van der Waals surface area contributed by atoms with E-state index in [9.17, 15) is 0 Å². The van der Waals surface area contributed by atoms with Gasteiger partial charge in [0.15, 0.2) is 5.65 Å². The highest BCUT2D eigenvalue weighted by atomic mass is 79.9. The van der Waals surface area contributed by atoms with Crippen LogP contribution in [0.2, 0.25) is 0 Å². The maximum Gasteiger partial charge on any atom is 0.203 e. The molecule has 98 valence electrons. The fourth-order valence-electron chi connectivity index (χ4n) is 2.27. The molecule has 3 rings (SSSR count). The Kier molecular flexibility index (Phi) is 3.28. The molecule has 3 aromatic heterocycles. The third-order valence-corrected chi connectivity index (χ3v) is 4.50. The van der Waals surface area contributed by atoms with Gasteiger partial charge in [0.1, 0.15) is 5.52 Å². The van der Waals surface area contributed by atoms with Crippen molar-refractivity contribution in [3.05, 3.63) is 39.1 Å². The number of aromatic nitrogens is 3. The van der Waals surface area contributed by atoms with Gasteiger partial charge in [-0.3, -0.25) is 4.57 Å². The molecular weight excluding hydrogens is 324 g/mol. The summed E-state index contributed by atoms with van der Waals surface area (Å²) in [5.74, 6) is 0.515. The summed E-state index contributed by atoms with van der Waals surface area (Å²) in [6, 6.07) is 6.32. The highest BCUT2D eigenvalue weighted by Gasteiger charge is 2.19. The lowest BCUT2D eigenvalue weighted by Gasteiger charge is -2.17. The minimum absolute atomic E-state index is 0.193. The maximum absolute atomic E-state index is 6.09. The van der Waals surface area contributed by atoms with Gasteiger partial charge in [0.05, 0.1) is 6.04 Å². The molecule has 1 atom stereocenters. The van der Waals surface area contributed by atoms with Crippen LogP contribution in [0.5, 0.6) is 0 Å². The van der Waals surface area contributed by atoms with E-state index in [4.69, 9.17) is 5.73 Å². The molecule has 3 heterocycles. The summed E-state index contributed by atoms with van der Waals surface area (Å²) in [4.78, 5) is 10.1. The predicted octanol–water partition coefficient (Wildman–Crippen LogP) is 3.84. The molecule has 6 heteroatoms. The number of hydrogen-bond donors (Lipinski definition) is 1. The molecule has 0 spiro atoms. The Morgan fingerprint density at radius 2 is 2.37 bits per heavy atom. The van der Waals surface area contributed by atoms with Crippen LogP contribution in [0.4, 0.5) is 5.95 Å². The first kappa shape index (κ1) is 12.6. The summed E-state index contributed by atoms with van der Waals surface area (Å²) < 4.78 is 2.93. The van der Waals surface area contributed by atoms with Gasteiger partial charge in [-0.1, -0.05) is 13.0 Å². The van der Waals surface area contributed by atoms with Crippen molar-refractivity contribution < 1.29 is 0 Å². The highest BCUT2D eigenvalue weighted by Crippen LogP contribution is 2.31. The first-order valence-electron chi connectivity index (χ1n) is 6.03. The van der Waals surface area contributed by atoms with Crippen LogP contribution in [0.1, 0.15) is 24.3 Å². The minimum atomic E-state index is 0.193. The van der Waals surface area contributed by atoms with Crippen LogP contribution in [0, 0.1) is 0 Å². The zero-order valence-electron chi connectivity index (χ0n) is 10.4. The molecule has 2 N–H and O–H groups in total. The number of anilines is 1. The highest BCUT2D eigenvalue weighted by molar-refractivity contribution is 9.10. The molecule has 19 heavy (non-hydrogen) atoms. The first-order chi connectivity index (χ1) is 9.20. The van der Waals surface area contributed by atoms with E-state index >= 15 is 0 Å². The number of hydrogen-bond acceptors (Lipinski definition) is 4. The Hall–Kier alpha value is -1.40. The van der Waals surface area contributed by atoms with E-state index in [0.29, 0.717) is 5.95 Å². The Balaban J connectivity index is 2.21. The second-order valence-corrected chi connectivity index (χ2v) is 6.17. The summed E-state index contributed by atoms with van der Waals surface area (Å²) in [6.07, 6.45) is 2.73. The molecule has 0 saturated heterocycles.